The molecule has 6 heteroatoms. The van der Waals surface area contributed by atoms with Gasteiger partial charge in [-0.3, -0.25) is 9.79 Å². The molecule has 2 aromatic carbocycles. The Balaban J connectivity index is 2.05. The van der Waals surface area contributed by atoms with E-state index in [0.29, 0.717) is 0 Å². The van der Waals surface area contributed by atoms with Gasteiger partial charge in [-0.15, -0.1) is 0 Å². The maximum atomic E-state index is 14.1. The predicted molar refractivity (Wildman–Crippen MR) is 89.9 cm³/mol. The zero-order valence-corrected chi connectivity index (χ0v) is 14.4. The lowest BCUT2D eigenvalue weighted by atomic mass is 9.91. The van der Waals surface area contributed by atoms with Gasteiger partial charge >= 0.3 is 5.97 Å². The normalized spacial score (nSPS) is 19.9. The van der Waals surface area contributed by atoms with Crippen LogP contribution < -0.4 is 0 Å². The van der Waals surface area contributed by atoms with Crippen LogP contribution in [-0.2, 0) is 9.53 Å². The largest absolute Gasteiger partial charge is 0.469 e. The number of methoxy groups -OCH3 is 1. The summed E-state index contributed by atoms with van der Waals surface area (Å²) >= 11 is 3.35. The SMILES string of the molecule is COC(=O)[C@@H]1CC(c2c(F)cccc2F)=N[C@@H]1c1ccc(Br)cc1. The van der Waals surface area contributed by atoms with E-state index in [1.54, 1.807) is 0 Å². The lowest BCUT2D eigenvalue weighted by Crippen LogP contribution is -2.20. The Morgan fingerprint density at radius 2 is 1.79 bits per heavy atom. The smallest absolute Gasteiger partial charge is 0.311 e. The number of carbonyl (C=O) groups is 1. The molecule has 0 saturated carbocycles. The summed E-state index contributed by atoms with van der Waals surface area (Å²) < 4.78 is 33.8. The Bertz CT molecular complexity index is 785. The van der Waals surface area contributed by atoms with E-state index >= 15 is 0 Å². The molecule has 0 aromatic heterocycles. The second-order valence-corrected chi connectivity index (χ2v) is 6.42. The molecule has 3 rings (SSSR count). The Kier molecular flexibility index (Phi) is 4.76. The lowest BCUT2D eigenvalue weighted by Gasteiger charge is -2.16. The molecule has 124 valence electrons. The van der Waals surface area contributed by atoms with E-state index in [1.165, 1.54) is 25.3 Å². The van der Waals surface area contributed by atoms with Crippen molar-refractivity contribution in [1.29, 1.82) is 0 Å². The third-order valence-electron chi connectivity index (χ3n) is 4.06. The number of benzene rings is 2. The molecule has 0 fully saturated rings. The van der Waals surface area contributed by atoms with Crippen LogP contribution >= 0.6 is 15.9 Å². The minimum atomic E-state index is -0.686. The van der Waals surface area contributed by atoms with E-state index in [4.69, 9.17) is 4.74 Å². The topological polar surface area (TPSA) is 38.7 Å². The molecule has 0 amide bonds. The number of ether oxygens (including phenoxy) is 1. The molecule has 0 bridgehead atoms. The van der Waals surface area contributed by atoms with Gasteiger partial charge in [0.05, 0.1) is 24.6 Å². The van der Waals surface area contributed by atoms with Crippen LogP contribution in [0.25, 0.3) is 0 Å². The van der Waals surface area contributed by atoms with E-state index in [9.17, 15) is 13.6 Å². The Labute approximate surface area is 146 Å². The van der Waals surface area contributed by atoms with Gasteiger partial charge in [-0.05, 0) is 29.8 Å². The van der Waals surface area contributed by atoms with Crippen molar-refractivity contribution in [3.05, 3.63) is 69.7 Å². The highest BCUT2D eigenvalue weighted by atomic mass is 79.9. The maximum absolute atomic E-state index is 14.1. The number of hydrogen-bond donors (Lipinski definition) is 0. The Morgan fingerprint density at radius 3 is 2.38 bits per heavy atom. The molecule has 3 nitrogen and oxygen atoms in total. The van der Waals surface area contributed by atoms with E-state index in [1.807, 2.05) is 24.3 Å². The number of rotatable bonds is 3. The minimum absolute atomic E-state index is 0.130. The van der Waals surface area contributed by atoms with Crippen molar-refractivity contribution in [2.24, 2.45) is 10.9 Å². The van der Waals surface area contributed by atoms with Crippen LogP contribution in [-0.4, -0.2) is 18.8 Å². The minimum Gasteiger partial charge on any atom is -0.469 e. The van der Waals surface area contributed by atoms with Crippen LogP contribution in [0.2, 0.25) is 0 Å². The monoisotopic (exact) mass is 393 g/mol. The van der Waals surface area contributed by atoms with E-state index in [2.05, 4.69) is 20.9 Å². The first-order valence-electron chi connectivity index (χ1n) is 7.35. The van der Waals surface area contributed by atoms with Crippen LogP contribution in [0.4, 0.5) is 8.78 Å². The fourth-order valence-corrected chi connectivity index (χ4v) is 3.17. The van der Waals surface area contributed by atoms with Crippen molar-refractivity contribution >= 4 is 27.6 Å². The lowest BCUT2D eigenvalue weighted by molar-refractivity contribution is -0.145. The molecule has 2 aromatic rings. The summed E-state index contributed by atoms with van der Waals surface area (Å²) in [5, 5.41) is 0. The van der Waals surface area contributed by atoms with Crippen molar-refractivity contribution in [3.8, 4) is 0 Å². The molecule has 0 unspecified atom stereocenters. The Hall–Kier alpha value is -2.08. The first-order valence-corrected chi connectivity index (χ1v) is 8.15. The molecule has 1 aliphatic heterocycles. The number of aliphatic imine (C=N–C) groups is 1. The average molecular weight is 394 g/mol. The standard InChI is InChI=1S/C18H14BrF2NO2/c1-24-18(23)12-9-15(16-13(20)3-2-4-14(16)21)22-17(12)10-5-7-11(19)8-6-10/h2-8,12,17H,9H2,1H3/t12-,17-/m1/s1. The number of halogens is 3. The average Bonchev–Trinajstić information content (AvgIpc) is 2.99. The summed E-state index contributed by atoms with van der Waals surface area (Å²) in [7, 11) is 1.29. The summed E-state index contributed by atoms with van der Waals surface area (Å²) in [6.07, 6.45) is 0.130. The highest BCUT2D eigenvalue weighted by molar-refractivity contribution is 9.10. The van der Waals surface area contributed by atoms with Gasteiger partial charge in [-0.2, -0.15) is 0 Å². The van der Waals surface area contributed by atoms with Crippen molar-refractivity contribution < 1.29 is 18.3 Å². The molecule has 0 N–H and O–H groups in total. The molecule has 1 aliphatic rings. The molecule has 0 radical (unpaired) electrons. The molecule has 1 heterocycles. The molecule has 24 heavy (non-hydrogen) atoms. The summed E-state index contributed by atoms with van der Waals surface area (Å²) in [6.45, 7) is 0. The van der Waals surface area contributed by atoms with Gasteiger partial charge in [0.25, 0.3) is 0 Å². The van der Waals surface area contributed by atoms with Gasteiger partial charge in [0.2, 0.25) is 0 Å². The van der Waals surface area contributed by atoms with Gasteiger partial charge in [-0.25, -0.2) is 8.78 Å². The van der Waals surface area contributed by atoms with Gasteiger partial charge < -0.3 is 4.74 Å². The zero-order chi connectivity index (χ0) is 17.3. The fraction of sp³-hybridized carbons (Fsp3) is 0.222. The van der Waals surface area contributed by atoms with Crippen molar-refractivity contribution in [2.75, 3.05) is 7.11 Å². The van der Waals surface area contributed by atoms with Crippen LogP contribution in [0, 0.1) is 17.6 Å². The fourth-order valence-electron chi connectivity index (χ4n) is 2.90. The number of carbonyl (C=O) groups excluding carboxylic acids is 1. The summed E-state index contributed by atoms with van der Waals surface area (Å²) in [5.41, 5.74) is 0.861. The second-order valence-electron chi connectivity index (χ2n) is 5.50. The summed E-state index contributed by atoms with van der Waals surface area (Å²) in [6, 6.07) is 10.5. The van der Waals surface area contributed by atoms with Crippen molar-refractivity contribution in [3.63, 3.8) is 0 Å². The quantitative estimate of drug-likeness (QED) is 0.722. The third-order valence-corrected chi connectivity index (χ3v) is 4.58. The number of esters is 1. The first kappa shape index (κ1) is 16.8. The molecule has 2 atom stereocenters. The van der Waals surface area contributed by atoms with Crippen LogP contribution in [0.1, 0.15) is 23.6 Å². The summed E-state index contributed by atoms with van der Waals surface area (Å²) in [4.78, 5) is 16.6. The van der Waals surface area contributed by atoms with E-state index in [-0.39, 0.29) is 17.7 Å². The number of hydrogen-bond acceptors (Lipinski definition) is 3. The van der Waals surface area contributed by atoms with Gasteiger partial charge in [0, 0.05) is 16.6 Å². The molecular weight excluding hydrogens is 380 g/mol. The van der Waals surface area contributed by atoms with Gasteiger partial charge in [-0.1, -0.05) is 34.1 Å². The highest BCUT2D eigenvalue weighted by Crippen LogP contribution is 2.38. The van der Waals surface area contributed by atoms with Gasteiger partial charge in [0.1, 0.15) is 11.6 Å². The van der Waals surface area contributed by atoms with E-state index < -0.39 is 29.6 Å². The second kappa shape index (κ2) is 6.81. The van der Waals surface area contributed by atoms with E-state index in [0.717, 1.165) is 10.0 Å². The third kappa shape index (κ3) is 3.11. The van der Waals surface area contributed by atoms with Crippen LogP contribution in [0.3, 0.4) is 0 Å². The first-order chi connectivity index (χ1) is 11.5. The molecule has 0 spiro atoms. The zero-order valence-electron chi connectivity index (χ0n) is 12.8. The molecule has 0 aliphatic carbocycles. The predicted octanol–water partition coefficient (Wildman–Crippen LogP) is 4.45. The highest BCUT2D eigenvalue weighted by Gasteiger charge is 2.38. The molecule has 0 saturated heterocycles. The maximum Gasteiger partial charge on any atom is 0.311 e. The van der Waals surface area contributed by atoms with Crippen LogP contribution in [0.15, 0.2) is 51.9 Å². The summed E-state index contributed by atoms with van der Waals surface area (Å²) in [5.74, 6) is -2.42. The van der Waals surface area contributed by atoms with Crippen molar-refractivity contribution in [1.82, 2.24) is 0 Å². The Morgan fingerprint density at radius 1 is 1.17 bits per heavy atom. The van der Waals surface area contributed by atoms with Gasteiger partial charge in [0.15, 0.2) is 0 Å². The molecular formula is C18H14BrF2NO2. The number of nitrogens with zero attached hydrogens (tertiary/aromatic N) is 1. The van der Waals surface area contributed by atoms with Crippen molar-refractivity contribution in [2.45, 2.75) is 12.5 Å². The van der Waals surface area contributed by atoms with Crippen LogP contribution in [0.5, 0.6) is 0 Å².